The first-order valence-electron chi connectivity index (χ1n) is 7.83. The van der Waals surface area contributed by atoms with Gasteiger partial charge in [0.1, 0.15) is 0 Å². The quantitative estimate of drug-likeness (QED) is 0.904. The lowest BCUT2D eigenvalue weighted by atomic mass is 10.0. The number of β-amino-alcohol motifs (C(OH)–C–C–N with tert-alkyl or cyclic N) is 1. The van der Waals surface area contributed by atoms with Gasteiger partial charge >= 0.3 is 6.18 Å². The van der Waals surface area contributed by atoms with Crippen molar-refractivity contribution >= 4 is 5.91 Å². The van der Waals surface area contributed by atoms with Crippen LogP contribution in [0.15, 0.2) is 42.7 Å². The van der Waals surface area contributed by atoms with Crippen LogP contribution in [0.3, 0.4) is 0 Å². The van der Waals surface area contributed by atoms with Crippen molar-refractivity contribution in [3.63, 3.8) is 0 Å². The summed E-state index contributed by atoms with van der Waals surface area (Å²) in [6, 6.07) is 5.96. The highest BCUT2D eigenvalue weighted by Crippen LogP contribution is 2.36. The molecule has 0 aliphatic carbocycles. The normalized spacial score (nSPS) is 20.8. The standard InChI is InChI=1S/C18H17F3N2O2/c1-11-5-13(9-22-8-11)17(25)23-10-15(24)7-16(23)12-3-2-4-14(6-12)18(19,20)21/h2-6,8-9,15-16,24H,7,10H2,1H3/t15-,16+/m0/s1. The maximum absolute atomic E-state index is 13.0. The van der Waals surface area contributed by atoms with Crippen LogP contribution < -0.4 is 0 Å². The third-order valence-electron chi connectivity index (χ3n) is 4.26. The van der Waals surface area contributed by atoms with E-state index >= 15 is 0 Å². The third kappa shape index (κ3) is 3.66. The van der Waals surface area contributed by atoms with Gasteiger partial charge in [0.25, 0.3) is 5.91 Å². The lowest BCUT2D eigenvalue weighted by Crippen LogP contribution is -2.32. The molecule has 3 rings (SSSR count). The summed E-state index contributed by atoms with van der Waals surface area (Å²) in [6.07, 6.45) is -2.00. The number of likely N-dealkylation sites (tertiary alicyclic amines) is 1. The number of nitrogens with zero attached hydrogens (tertiary/aromatic N) is 2. The first kappa shape index (κ1) is 17.4. The first-order valence-corrected chi connectivity index (χ1v) is 7.83. The Hall–Kier alpha value is -2.41. The number of carbonyl (C=O) groups excluding carboxylic acids is 1. The number of hydrogen-bond donors (Lipinski definition) is 1. The molecule has 0 radical (unpaired) electrons. The van der Waals surface area contributed by atoms with E-state index in [2.05, 4.69) is 4.98 Å². The first-order chi connectivity index (χ1) is 11.8. The van der Waals surface area contributed by atoms with Crippen molar-refractivity contribution in [2.24, 2.45) is 0 Å². The number of rotatable bonds is 2. The van der Waals surface area contributed by atoms with Crippen LogP contribution in [0.25, 0.3) is 0 Å². The molecule has 4 nitrogen and oxygen atoms in total. The number of alkyl halides is 3. The van der Waals surface area contributed by atoms with E-state index in [0.29, 0.717) is 11.1 Å². The Balaban J connectivity index is 1.94. The molecule has 1 amide bonds. The molecule has 1 saturated heterocycles. The van der Waals surface area contributed by atoms with E-state index < -0.39 is 23.9 Å². The minimum absolute atomic E-state index is 0.0771. The molecule has 0 saturated carbocycles. The fraction of sp³-hybridized carbons (Fsp3) is 0.333. The van der Waals surface area contributed by atoms with Crippen molar-refractivity contribution in [1.29, 1.82) is 0 Å². The topological polar surface area (TPSA) is 53.4 Å². The van der Waals surface area contributed by atoms with Gasteiger partial charge in [-0.05, 0) is 42.7 Å². The number of aliphatic hydroxyl groups is 1. The summed E-state index contributed by atoms with van der Waals surface area (Å²) in [7, 11) is 0. The number of amides is 1. The maximum Gasteiger partial charge on any atom is 0.416 e. The molecule has 1 aliphatic heterocycles. The van der Waals surface area contributed by atoms with Crippen LogP contribution in [0.4, 0.5) is 13.2 Å². The number of pyridine rings is 1. The van der Waals surface area contributed by atoms with E-state index in [1.165, 1.54) is 17.2 Å². The zero-order chi connectivity index (χ0) is 18.2. The van der Waals surface area contributed by atoms with Crippen LogP contribution >= 0.6 is 0 Å². The van der Waals surface area contributed by atoms with E-state index in [1.807, 2.05) is 0 Å². The van der Waals surface area contributed by atoms with E-state index in [9.17, 15) is 23.1 Å². The van der Waals surface area contributed by atoms with Gasteiger partial charge in [0, 0.05) is 18.9 Å². The molecular formula is C18H17F3N2O2. The summed E-state index contributed by atoms with van der Waals surface area (Å²) in [5, 5.41) is 9.98. The second kappa shape index (κ2) is 6.48. The van der Waals surface area contributed by atoms with Gasteiger partial charge in [-0.2, -0.15) is 13.2 Å². The lowest BCUT2D eigenvalue weighted by molar-refractivity contribution is -0.137. The average molecular weight is 350 g/mol. The summed E-state index contributed by atoms with van der Waals surface area (Å²) < 4.78 is 38.9. The van der Waals surface area contributed by atoms with Crippen molar-refractivity contribution in [3.05, 3.63) is 65.0 Å². The van der Waals surface area contributed by atoms with E-state index in [-0.39, 0.29) is 18.9 Å². The van der Waals surface area contributed by atoms with E-state index in [1.54, 1.807) is 25.3 Å². The number of benzene rings is 1. The molecule has 2 aromatic rings. The van der Waals surface area contributed by atoms with Crippen LogP contribution in [0.2, 0.25) is 0 Å². The van der Waals surface area contributed by atoms with Crippen LogP contribution in [0.5, 0.6) is 0 Å². The smallest absolute Gasteiger partial charge is 0.391 e. The summed E-state index contributed by atoms with van der Waals surface area (Å²) in [6.45, 7) is 1.88. The molecule has 25 heavy (non-hydrogen) atoms. The van der Waals surface area contributed by atoms with Crippen molar-refractivity contribution in [2.75, 3.05) is 6.54 Å². The number of aryl methyl sites for hydroxylation is 1. The van der Waals surface area contributed by atoms with Crippen molar-refractivity contribution in [3.8, 4) is 0 Å². The monoisotopic (exact) mass is 350 g/mol. The number of carbonyl (C=O) groups is 1. The summed E-state index contributed by atoms with van der Waals surface area (Å²) >= 11 is 0. The molecule has 1 N–H and O–H groups in total. The molecule has 0 bridgehead atoms. The molecular weight excluding hydrogens is 333 g/mol. The SMILES string of the molecule is Cc1cncc(C(=O)N2C[C@@H](O)C[C@@H]2c2cccc(C(F)(F)F)c2)c1. The van der Waals surface area contributed by atoms with Gasteiger partial charge in [-0.25, -0.2) is 0 Å². The molecule has 1 aromatic carbocycles. The number of hydrogen-bond acceptors (Lipinski definition) is 3. The predicted octanol–water partition coefficient (Wildman–Crippen LogP) is 3.36. The Bertz CT molecular complexity index is 792. The van der Waals surface area contributed by atoms with Gasteiger partial charge < -0.3 is 10.0 Å². The molecule has 1 aliphatic rings. The molecule has 2 atom stereocenters. The Morgan fingerprint density at radius 1 is 1.28 bits per heavy atom. The number of aromatic nitrogens is 1. The molecule has 7 heteroatoms. The van der Waals surface area contributed by atoms with Crippen LogP contribution in [-0.4, -0.2) is 33.5 Å². The minimum atomic E-state index is -4.46. The van der Waals surface area contributed by atoms with Gasteiger partial charge in [-0.1, -0.05) is 12.1 Å². The van der Waals surface area contributed by atoms with Gasteiger partial charge in [0.15, 0.2) is 0 Å². The highest BCUT2D eigenvalue weighted by atomic mass is 19.4. The Labute approximate surface area is 142 Å². The highest BCUT2D eigenvalue weighted by Gasteiger charge is 2.37. The molecule has 0 unspecified atom stereocenters. The van der Waals surface area contributed by atoms with Crippen LogP contribution in [0, 0.1) is 6.92 Å². The van der Waals surface area contributed by atoms with E-state index in [0.717, 1.165) is 17.7 Å². The summed E-state index contributed by atoms with van der Waals surface area (Å²) in [4.78, 5) is 18.2. The second-order valence-electron chi connectivity index (χ2n) is 6.24. The zero-order valence-corrected chi connectivity index (χ0v) is 13.5. The predicted molar refractivity (Wildman–Crippen MR) is 84.8 cm³/mol. The van der Waals surface area contributed by atoms with Gasteiger partial charge in [-0.15, -0.1) is 0 Å². The Morgan fingerprint density at radius 3 is 2.72 bits per heavy atom. The van der Waals surface area contributed by atoms with Gasteiger partial charge in [0.2, 0.25) is 0 Å². The summed E-state index contributed by atoms with van der Waals surface area (Å²) in [5.41, 5.74) is 0.753. The van der Waals surface area contributed by atoms with Crippen molar-refractivity contribution < 1.29 is 23.1 Å². The largest absolute Gasteiger partial charge is 0.416 e. The molecule has 0 spiro atoms. The average Bonchev–Trinajstić information content (AvgIpc) is 2.95. The fourth-order valence-corrected chi connectivity index (χ4v) is 3.11. The van der Waals surface area contributed by atoms with Crippen molar-refractivity contribution in [2.45, 2.75) is 31.7 Å². The maximum atomic E-state index is 13.0. The third-order valence-corrected chi connectivity index (χ3v) is 4.26. The minimum Gasteiger partial charge on any atom is -0.391 e. The molecule has 2 heterocycles. The zero-order valence-electron chi connectivity index (χ0n) is 13.5. The second-order valence-corrected chi connectivity index (χ2v) is 6.24. The molecule has 132 valence electrons. The fourth-order valence-electron chi connectivity index (χ4n) is 3.11. The van der Waals surface area contributed by atoms with Crippen LogP contribution in [0.1, 0.15) is 39.5 Å². The lowest BCUT2D eigenvalue weighted by Gasteiger charge is -2.25. The molecule has 1 fully saturated rings. The highest BCUT2D eigenvalue weighted by molar-refractivity contribution is 5.94. The van der Waals surface area contributed by atoms with E-state index in [4.69, 9.17) is 0 Å². The van der Waals surface area contributed by atoms with Gasteiger partial charge in [-0.3, -0.25) is 9.78 Å². The number of halogens is 3. The Morgan fingerprint density at radius 2 is 2.04 bits per heavy atom. The van der Waals surface area contributed by atoms with Crippen LogP contribution in [-0.2, 0) is 6.18 Å². The number of aliphatic hydroxyl groups excluding tert-OH is 1. The summed E-state index contributed by atoms with van der Waals surface area (Å²) in [5.74, 6) is -0.352. The molecule has 1 aromatic heterocycles. The van der Waals surface area contributed by atoms with Gasteiger partial charge in [0.05, 0.1) is 23.3 Å². The van der Waals surface area contributed by atoms with Crippen molar-refractivity contribution in [1.82, 2.24) is 9.88 Å². The Kier molecular flexibility index (Phi) is 4.51.